The lowest BCUT2D eigenvalue weighted by Gasteiger charge is -2.37. The normalized spacial score (nSPS) is 17.8. The molecule has 0 aromatic carbocycles. The Kier molecular flexibility index (Phi) is 8.34. The van der Waals surface area contributed by atoms with E-state index in [9.17, 15) is 19.2 Å². The number of rotatable bonds is 4. The van der Waals surface area contributed by atoms with Gasteiger partial charge in [0.2, 0.25) is 0 Å². The van der Waals surface area contributed by atoms with Crippen molar-refractivity contribution in [2.24, 2.45) is 5.92 Å². The molecule has 2 atom stereocenters. The summed E-state index contributed by atoms with van der Waals surface area (Å²) in [6.45, 7) is 9.49. The highest BCUT2D eigenvalue weighted by Gasteiger charge is 2.35. The number of carbonyl (C=O) groups excluding carboxylic acids is 4. The number of piperidine rings is 1. The number of hydrogen-bond acceptors (Lipinski definition) is 7. The second-order valence-electron chi connectivity index (χ2n) is 9.91. The molecule has 0 radical (unpaired) electrons. The van der Waals surface area contributed by atoms with Crippen molar-refractivity contribution in [3.8, 4) is 0 Å². The number of thiophene rings is 1. The molecule has 0 unspecified atom stereocenters. The van der Waals surface area contributed by atoms with Crippen LogP contribution in [-0.2, 0) is 14.3 Å². The number of nitrogens with one attached hydrogen (secondary N) is 3. The van der Waals surface area contributed by atoms with Crippen LogP contribution < -0.4 is 16.0 Å². The number of anilines is 2. The maximum Gasteiger partial charge on any atom is 0.413 e. The molecule has 0 saturated carbocycles. The molecular formula is C25H33N5O5S. The Labute approximate surface area is 214 Å². The molecule has 4 amide bonds. The number of pyridine rings is 1. The van der Waals surface area contributed by atoms with Crippen LogP contribution in [0, 0.1) is 12.8 Å². The average Bonchev–Trinajstić information content (AvgIpc) is 3.28. The zero-order valence-corrected chi connectivity index (χ0v) is 22.2. The molecule has 11 heteroatoms. The van der Waals surface area contributed by atoms with Gasteiger partial charge in [-0.1, -0.05) is 6.92 Å². The first-order valence-electron chi connectivity index (χ1n) is 11.8. The van der Waals surface area contributed by atoms with E-state index in [0.29, 0.717) is 34.9 Å². The number of ether oxygens (including phenoxy) is 1. The lowest BCUT2D eigenvalue weighted by molar-refractivity contribution is -0.146. The molecule has 2 aromatic heterocycles. The number of amides is 4. The quantitative estimate of drug-likeness (QED) is 0.526. The molecule has 10 nitrogen and oxygen atoms in total. The predicted octanol–water partition coefficient (Wildman–Crippen LogP) is 4.10. The van der Waals surface area contributed by atoms with Gasteiger partial charge in [0.15, 0.2) is 0 Å². The van der Waals surface area contributed by atoms with Gasteiger partial charge in [-0.2, -0.15) is 0 Å². The highest BCUT2D eigenvalue weighted by Crippen LogP contribution is 2.37. The molecule has 3 N–H and O–H groups in total. The summed E-state index contributed by atoms with van der Waals surface area (Å²) in [5, 5.41) is 7.80. The van der Waals surface area contributed by atoms with Crippen LogP contribution in [0.2, 0.25) is 0 Å². The molecule has 36 heavy (non-hydrogen) atoms. The maximum absolute atomic E-state index is 13.2. The van der Waals surface area contributed by atoms with Crippen molar-refractivity contribution in [1.29, 1.82) is 0 Å². The second-order valence-corrected chi connectivity index (χ2v) is 11.0. The topological polar surface area (TPSA) is 130 Å². The van der Waals surface area contributed by atoms with Crippen LogP contribution in [0.1, 0.15) is 66.7 Å². The van der Waals surface area contributed by atoms with Crippen LogP contribution in [0.15, 0.2) is 24.4 Å². The van der Waals surface area contributed by atoms with E-state index in [1.807, 2.05) is 13.0 Å². The Bertz CT molecular complexity index is 1160. The number of hydrogen-bond donors (Lipinski definition) is 3. The standard InChI is InChI=1S/C25H33N5O5S/c1-14-7-8-17(18-9-10-19(36-18)21(31)26-6)30(13-14)23(33)22(32)28-16-11-15(2)20(27-12-16)29-24(34)35-25(3,4)5/h9-12,14,17H,7-8,13H2,1-6H3,(H,26,31)(H,28,32)(H,27,29,34)/t14-,17+/m1/s1. The Morgan fingerprint density at radius 2 is 1.86 bits per heavy atom. The first-order valence-corrected chi connectivity index (χ1v) is 12.6. The summed E-state index contributed by atoms with van der Waals surface area (Å²) in [4.78, 5) is 57.3. The molecule has 0 spiro atoms. The van der Waals surface area contributed by atoms with Crippen LogP contribution in [-0.4, -0.2) is 52.9 Å². The molecule has 0 aliphatic carbocycles. The van der Waals surface area contributed by atoms with Gasteiger partial charge in [-0.15, -0.1) is 11.3 Å². The third kappa shape index (κ3) is 6.81. The minimum Gasteiger partial charge on any atom is -0.444 e. The zero-order chi connectivity index (χ0) is 26.6. The number of carbonyl (C=O) groups is 4. The van der Waals surface area contributed by atoms with Crippen molar-refractivity contribution in [1.82, 2.24) is 15.2 Å². The van der Waals surface area contributed by atoms with E-state index in [4.69, 9.17) is 4.74 Å². The molecule has 3 heterocycles. The summed E-state index contributed by atoms with van der Waals surface area (Å²) in [6.07, 6.45) is 2.36. The number of likely N-dealkylation sites (tertiary alicyclic amines) is 1. The molecule has 3 rings (SSSR count). The van der Waals surface area contributed by atoms with Crippen molar-refractivity contribution in [2.75, 3.05) is 24.2 Å². The number of aryl methyl sites for hydroxylation is 1. The predicted molar refractivity (Wildman–Crippen MR) is 138 cm³/mol. The highest BCUT2D eigenvalue weighted by atomic mass is 32.1. The van der Waals surface area contributed by atoms with Gasteiger partial charge in [-0.05, 0) is 70.2 Å². The zero-order valence-electron chi connectivity index (χ0n) is 21.4. The summed E-state index contributed by atoms with van der Waals surface area (Å²) in [7, 11) is 1.57. The lowest BCUT2D eigenvalue weighted by atomic mass is 9.93. The average molecular weight is 516 g/mol. The Balaban J connectivity index is 1.71. The second kappa shape index (κ2) is 11.1. The van der Waals surface area contributed by atoms with Gasteiger partial charge in [0.25, 0.3) is 5.91 Å². The molecular weight excluding hydrogens is 482 g/mol. The number of aromatic nitrogens is 1. The SMILES string of the molecule is CNC(=O)c1ccc([C@@H]2CC[C@@H](C)CN2C(=O)C(=O)Nc2cnc(NC(=O)OC(C)(C)C)c(C)c2)s1. The van der Waals surface area contributed by atoms with Crippen molar-refractivity contribution in [3.05, 3.63) is 39.7 Å². The van der Waals surface area contributed by atoms with Gasteiger partial charge in [-0.25, -0.2) is 9.78 Å². The fourth-order valence-corrected chi connectivity index (χ4v) is 5.04. The Morgan fingerprint density at radius 1 is 1.14 bits per heavy atom. The van der Waals surface area contributed by atoms with E-state index in [1.54, 1.807) is 51.8 Å². The van der Waals surface area contributed by atoms with E-state index in [0.717, 1.165) is 11.3 Å². The van der Waals surface area contributed by atoms with Crippen LogP contribution in [0.25, 0.3) is 0 Å². The van der Waals surface area contributed by atoms with Crippen molar-refractivity contribution in [2.45, 2.75) is 59.1 Å². The van der Waals surface area contributed by atoms with E-state index < -0.39 is 23.5 Å². The molecule has 1 saturated heterocycles. The summed E-state index contributed by atoms with van der Waals surface area (Å²) in [5.41, 5.74) is 0.277. The monoisotopic (exact) mass is 515 g/mol. The summed E-state index contributed by atoms with van der Waals surface area (Å²) >= 11 is 1.33. The van der Waals surface area contributed by atoms with E-state index >= 15 is 0 Å². The molecule has 194 valence electrons. The van der Waals surface area contributed by atoms with Gasteiger partial charge in [0.1, 0.15) is 11.4 Å². The van der Waals surface area contributed by atoms with Crippen LogP contribution in [0.5, 0.6) is 0 Å². The smallest absolute Gasteiger partial charge is 0.413 e. The van der Waals surface area contributed by atoms with Crippen LogP contribution in [0.3, 0.4) is 0 Å². The first-order chi connectivity index (χ1) is 16.9. The van der Waals surface area contributed by atoms with E-state index in [2.05, 4.69) is 20.9 Å². The van der Waals surface area contributed by atoms with Crippen molar-refractivity contribution >= 4 is 46.7 Å². The summed E-state index contributed by atoms with van der Waals surface area (Å²) in [6, 6.07) is 4.93. The molecule has 1 fully saturated rings. The van der Waals surface area contributed by atoms with Crippen LogP contribution >= 0.6 is 11.3 Å². The molecule has 1 aliphatic rings. The third-order valence-electron chi connectivity index (χ3n) is 5.63. The van der Waals surface area contributed by atoms with Crippen molar-refractivity contribution < 1.29 is 23.9 Å². The van der Waals surface area contributed by atoms with Gasteiger partial charge >= 0.3 is 17.9 Å². The largest absolute Gasteiger partial charge is 0.444 e. The molecule has 0 bridgehead atoms. The fraction of sp³-hybridized carbons (Fsp3) is 0.480. The molecule has 1 aliphatic heterocycles. The van der Waals surface area contributed by atoms with Gasteiger partial charge in [0, 0.05) is 18.5 Å². The minimum atomic E-state index is -0.772. The maximum atomic E-state index is 13.2. The first kappa shape index (κ1) is 27.1. The molecule has 2 aromatic rings. The Morgan fingerprint density at radius 3 is 2.50 bits per heavy atom. The van der Waals surface area contributed by atoms with E-state index in [-0.39, 0.29) is 17.9 Å². The summed E-state index contributed by atoms with van der Waals surface area (Å²) < 4.78 is 5.23. The van der Waals surface area contributed by atoms with Gasteiger partial charge in [0.05, 0.1) is 22.8 Å². The summed E-state index contributed by atoms with van der Waals surface area (Å²) in [5.74, 6) is -1.05. The highest BCUT2D eigenvalue weighted by molar-refractivity contribution is 7.14. The van der Waals surface area contributed by atoms with Crippen molar-refractivity contribution in [3.63, 3.8) is 0 Å². The fourth-order valence-electron chi connectivity index (χ4n) is 3.94. The van der Waals surface area contributed by atoms with Gasteiger partial charge in [-0.3, -0.25) is 19.7 Å². The Hall–Kier alpha value is -3.47. The minimum absolute atomic E-state index is 0.182. The number of nitrogens with zero attached hydrogens (tertiary/aromatic N) is 2. The van der Waals surface area contributed by atoms with Crippen LogP contribution in [0.4, 0.5) is 16.3 Å². The third-order valence-corrected chi connectivity index (χ3v) is 6.82. The van der Waals surface area contributed by atoms with Gasteiger partial charge < -0.3 is 20.3 Å². The van der Waals surface area contributed by atoms with E-state index in [1.165, 1.54) is 17.5 Å². The lowest BCUT2D eigenvalue weighted by Crippen LogP contribution is -2.46.